The number of piperazine rings is 1. The monoisotopic (exact) mass is 483 g/mol. The number of hydrogen-bond donors (Lipinski definition) is 2. The SMILES string of the molecule is CCNC(=NCc1ccc(C(N)=O)o1)N1CCN(c2ccccc2)CC1.I. The van der Waals surface area contributed by atoms with Gasteiger partial charge < -0.3 is 25.3 Å². The van der Waals surface area contributed by atoms with Crippen LogP contribution in [0.25, 0.3) is 0 Å². The molecule has 8 heteroatoms. The summed E-state index contributed by atoms with van der Waals surface area (Å²) in [6.45, 7) is 6.89. The Labute approximate surface area is 176 Å². The van der Waals surface area contributed by atoms with Gasteiger partial charge in [0.15, 0.2) is 11.7 Å². The molecule has 1 fully saturated rings. The number of nitrogens with one attached hydrogen (secondary N) is 1. The van der Waals surface area contributed by atoms with Gasteiger partial charge in [-0.25, -0.2) is 4.99 Å². The Kier molecular flexibility index (Phi) is 7.96. The summed E-state index contributed by atoms with van der Waals surface area (Å²) in [4.78, 5) is 20.4. The number of benzene rings is 1. The zero-order chi connectivity index (χ0) is 18.4. The van der Waals surface area contributed by atoms with E-state index in [-0.39, 0.29) is 29.7 Å². The second-order valence-electron chi connectivity index (χ2n) is 6.11. The van der Waals surface area contributed by atoms with Crippen molar-refractivity contribution in [3.05, 3.63) is 54.0 Å². The van der Waals surface area contributed by atoms with Gasteiger partial charge in [-0.2, -0.15) is 0 Å². The lowest BCUT2D eigenvalue weighted by atomic mass is 10.2. The minimum Gasteiger partial charge on any atom is -0.454 e. The molecule has 1 amide bonds. The number of nitrogens with two attached hydrogens (primary N) is 1. The largest absolute Gasteiger partial charge is 0.454 e. The van der Waals surface area contributed by atoms with Gasteiger partial charge in [-0.3, -0.25) is 4.79 Å². The number of para-hydroxylation sites is 1. The van der Waals surface area contributed by atoms with Gasteiger partial charge in [0.2, 0.25) is 0 Å². The summed E-state index contributed by atoms with van der Waals surface area (Å²) in [5.74, 6) is 1.08. The topological polar surface area (TPSA) is 87.1 Å². The fourth-order valence-electron chi connectivity index (χ4n) is 2.99. The van der Waals surface area contributed by atoms with Crippen molar-refractivity contribution in [1.82, 2.24) is 10.2 Å². The van der Waals surface area contributed by atoms with E-state index in [1.165, 1.54) is 5.69 Å². The molecule has 1 aromatic heterocycles. The lowest BCUT2D eigenvalue weighted by Gasteiger charge is -2.37. The number of primary amides is 1. The van der Waals surface area contributed by atoms with Gasteiger partial charge in [-0.1, -0.05) is 18.2 Å². The van der Waals surface area contributed by atoms with E-state index in [4.69, 9.17) is 10.2 Å². The molecular formula is C19H26IN5O2. The van der Waals surface area contributed by atoms with Gasteiger partial charge in [0.25, 0.3) is 5.91 Å². The van der Waals surface area contributed by atoms with Crippen molar-refractivity contribution in [2.75, 3.05) is 37.6 Å². The van der Waals surface area contributed by atoms with Crippen LogP contribution < -0.4 is 16.0 Å². The Hall–Kier alpha value is -2.23. The van der Waals surface area contributed by atoms with Crippen molar-refractivity contribution in [2.45, 2.75) is 13.5 Å². The highest BCUT2D eigenvalue weighted by Gasteiger charge is 2.19. The number of amides is 1. The minimum absolute atomic E-state index is 0. The highest BCUT2D eigenvalue weighted by molar-refractivity contribution is 14.0. The highest BCUT2D eigenvalue weighted by Crippen LogP contribution is 2.16. The maximum absolute atomic E-state index is 11.1. The number of nitrogens with zero attached hydrogens (tertiary/aromatic N) is 3. The van der Waals surface area contributed by atoms with E-state index in [1.807, 2.05) is 13.0 Å². The van der Waals surface area contributed by atoms with Crippen LogP contribution in [-0.4, -0.2) is 49.5 Å². The highest BCUT2D eigenvalue weighted by atomic mass is 127. The number of furan rings is 1. The van der Waals surface area contributed by atoms with Crippen LogP contribution in [0.5, 0.6) is 0 Å². The number of halogens is 1. The zero-order valence-electron chi connectivity index (χ0n) is 15.4. The number of aliphatic imine (C=N–C) groups is 1. The molecule has 2 heterocycles. The lowest BCUT2D eigenvalue weighted by molar-refractivity contribution is 0.0972. The Balaban J connectivity index is 0.00000261. The molecule has 0 spiro atoms. The quantitative estimate of drug-likeness (QED) is 0.387. The average Bonchev–Trinajstić information content (AvgIpc) is 3.15. The summed E-state index contributed by atoms with van der Waals surface area (Å²) in [5, 5.41) is 3.33. The van der Waals surface area contributed by atoms with Crippen LogP contribution in [0, 0.1) is 0 Å². The van der Waals surface area contributed by atoms with E-state index >= 15 is 0 Å². The van der Waals surface area contributed by atoms with E-state index in [2.05, 4.69) is 44.4 Å². The maximum Gasteiger partial charge on any atom is 0.284 e. The summed E-state index contributed by atoms with van der Waals surface area (Å²) in [6.07, 6.45) is 0. The molecule has 0 aliphatic carbocycles. The Morgan fingerprint density at radius 1 is 1.15 bits per heavy atom. The van der Waals surface area contributed by atoms with Gasteiger partial charge in [0.05, 0.1) is 0 Å². The van der Waals surface area contributed by atoms with E-state index in [1.54, 1.807) is 12.1 Å². The molecule has 27 heavy (non-hydrogen) atoms. The molecule has 0 bridgehead atoms. The predicted molar refractivity (Wildman–Crippen MR) is 118 cm³/mol. The molecule has 1 aliphatic rings. The lowest BCUT2D eigenvalue weighted by Crippen LogP contribution is -2.52. The predicted octanol–water partition coefficient (Wildman–Crippen LogP) is 2.28. The number of anilines is 1. The first-order valence-corrected chi connectivity index (χ1v) is 8.89. The Morgan fingerprint density at radius 2 is 1.85 bits per heavy atom. The normalized spacial score (nSPS) is 14.6. The van der Waals surface area contributed by atoms with Crippen molar-refractivity contribution in [3.63, 3.8) is 0 Å². The van der Waals surface area contributed by atoms with E-state index in [0.717, 1.165) is 38.7 Å². The molecule has 0 atom stereocenters. The van der Waals surface area contributed by atoms with Gasteiger partial charge in [-0.15, -0.1) is 24.0 Å². The van der Waals surface area contributed by atoms with Crippen LogP contribution in [0.3, 0.4) is 0 Å². The molecule has 0 unspecified atom stereocenters. The molecule has 3 N–H and O–H groups in total. The van der Waals surface area contributed by atoms with E-state index < -0.39 is 5.91 Å². The number of carbonyl (C=O) groups excluding carboxylic acids is 1. The van der Waals surface area contributed by atoms with Crippen molar-refractivity contribution in [2.24, 2.45) is 10.7 Å². The van der Waals surface area contributed by atoms with Crippen LogP contribution in [0.15, 0.2) is 51.9 Å². The molecule has 2 aromatic rings. The molecule has 0 radical (unpaired) electrons. The molecule has 1 saturated heterocycles. The van der Waals surface area contributed by atoms with Crippen molar-refractivity contribution < 1.29 is 9.21 Å². The fraction of sp³-hybridized carbons (Fsp3) is 0.368. The van der Waals surface area contributed by atoms with Crippen LogP contribution in [0.1, 0.15) is 23.2 Å². The fourth-order valence-corrected chi connectivity index (χ4v) is 2.99. The molecule has 146 valence electrons. The summed E-state index contributed by atoms with van der Waals surface area (Å²) in [7, 11) is 0. The first-order valence-electron chi connectivity index (χ1n) is 8.89. The van der Waals surface area contributed by atoms with Crippen LogP contribution in [-0.2, 0) is 6.54 Å². The second kappa shape index (κ2) is 10.2. The first-order chi connectivity index (χ1) is 12.7. The minimum atomic E-state index is -0.566. The van der Waals surface area contributed by atoms with Crippen LogP contribution >= 0.6 is 24.0 Å². The number of carbonyl (C=O) groups is 1. The van der Waals surface area contributed by atoms with Gasteiger partial charge in [0.1, 0.15) is 12.3 Å². The van der Waals surface area contributed by atoms with Gasteiger partial charge in [0, 0.05) is 38.4 Å². The molecule has 0 saturated carbocycles. The van der Waals surface area contributed by atoms with Gasteiger partial charge >= 0.3 is 0 Å². The Bertz CT molecular complexity index is 754. The molecule has 7 nitrogen and oxygen atoms in total. The summed E-state index contributed by atoms with van der Waals surface area (Å²) < 4.78 is 5.40. The molecule has 1 aliphatic heterocycles. The maximum atomic E-state index is 11.1. The zero-order valence-corrected chi connectivity index (χ0v) is 17.8. The van der Waals surface area contributed by atoms with Crippen molar-refractivity contribution >= 4 is 41.5 Å². The van der Waals surface area contributed by atoms with E-state index in [9.17, 15) is 4.79 Å². The second-order valence-corrected chi connectivity index (χ2v) is 6.11. The van der Waals surface area contributed by atoms with Crippen molar-refractivity contribution in [3.8, 4) is 0 Å². The smallest absolute Gasteiger partial charge is 0.284 e. The summed E-state index contributed by atoms with van der Waals surface area (Å²) in [6, 6.07) is 13.8. The van der Waals surface area contributed by atoms with E-state index in [0.29, 0.717) is 12.3 Å². The molecular weight excluding hydrogens is 457 g/mol. The van der Waals surface area contributed by atoms with Crippen LogP contribution in [0.2, 0.25) is 0 Å². The summed E-state index contributed by atoms with van der Waals surface area (Å²) >= 11 is 0. The molecule has 1 aromatic carbocycles. The van der Waals surface area contributed by atoms with Crippen molar-refractivity contribution in [1.29, 1.82) is 0 Å². The third-order valence-corrected chi connectivity index (χ3v) is 4.32. The number of guanidine groups is 1. The molecule has 3 rings (SSSR count). The van der Waals surface area contributed by atoms with Gasteiger partial charge in [-0.05, 0) is 31.2 Å². The third-order valence-electron chi connectivity index (χ3n) is 4.32. The average molecular weight is 483 g/mol. The summed E-state index contributed by atoms with van der Waals surface area (Å²) in [5.41, 5.74) is 6.47. The number of hydrogen-bond acceptors (Lipinski definition) is 4. The third kappa shape index (κ3) is 5.62. The number of rotatable bonds is 5. The first kappa shape index (κ1) is 21.1. The standard InChI is InChI=1S/C19H25N5O2.HI/c1-2-21-19(22-14-16-8-9-17(26-16)18(20)25)24-12-10-23(11-13-24)15-6-4-3-5-7-15;/h3-9H,2,10-14H2,1H3,(H2,20,25)(H,21,22);1H. The van der Waals surface area contributed by atoms with Crippen LogP contribution in [0.4, 0.5) is 5.69 Å². The Morgan fingerprint density at radius 3 is 2.44 bits per heavy atom.